The fourth-order valence-corrected chi connectivity index (χ4v) is 2.04. The number of halogens is 2. The number of carbonyl (C=O) groups is 2. The highest BCUT2D eigenvalue weighted by Crippen LogP contribution is 2.22. The molecule has 0 aromatic heterocycles. The Morgan fingerprint density at radius 1 is 1.20 bits per heavy atom. The van der Waals surface area contributed by atoms with Gasteiger partial charge in [-0.1, -0.05) is 23.2 Å². The van der Waals surface area contributed by atoms with Crippen LogP contribution in [-0.4, -0.2) is 49.7 Å². The molecule has 0 atom stereocenters. The number of esters is 1. The van der Waals surface area contributed by atoms with E-state index < -0.39 is 5.97 Å². The number of hydrogen-bond donors (Lipinski definition) is 0. The molecule has 0 spiro atoms. The third kappa shape index (κ3) is 3.85. The Labute approximate surface area is 126 Å². The van der Waals surface area contributed by atoms with Crippen LogP contribution in [0, 0.1) is 0 Å². The molecule has 0 N–H and O–H groups in total. The summed E-state index contributed by atoms with van der Waals surface area (Å²) in [5, 5.41) is 0.619. The molecule has 0 bridgehead atoms. The average Bonchev–Trinajstić information content (AvgIpc) is 2.48. The molecular formula is C13H13Cl2NO4. The third-order valence-corrected chi connectivity index (χ3v) is 3.58. The van der Waals surface area contributed by atoms with Gasteiger partial charge >= 0.3 is 5.97 Å². The van der Waals surface area contributed by atoms with E-state index in [4.69, 9.17) is 32.7 Å². The molecular weight excluding hydrogens is 305 g/mol. The van der Waals surface area contributed by atoms with Gasteiger partial charge in [-0.05, 0) is 18.2 Å². The molecule has 0 radical (unpaired) electrons. The lowest BCUT2D eigenvalue weighted by atomic mass is 10.2. The second-order valence-electron chi connectivity index (χ2n) is 4.20. The highest BCUT2D eigenvalue weighted by Gasteiger charge is 2.19. The van der Waals surface area contributed by atoms with Gasteiger partial charge < -0.3 is 14.4 Å². The Morgan fingerprint density at radius 2 is 1.90 bits per heavy atom. The van der Waals surface area contributed by atoms with Gasteiger partial charge in [0.2, 0.25) is 0 Å². The van der Waals surface area contributed by atoms with E-state index in [-0.39, 0.29) is 23.1 Å². The Bertz CT molecular complexity index is 515. The molecule has 0 saturated carbocycles. The number of rotatable bonds is 3. The number of amides is 1. The van der Waals surface area contributed by atoms with Gasteiger partial charge in [0.25, 0.3) is 5.91 Å². The van der Waals surface area contributed by atoms with E-state index in [1.54, 1.807) is 4.90 Å². The first-order valence-electron chi connectivity index (χ1n) is 6.05. The van der Waals surface area contributed by atoms with Crippen molar-refractivity contribution in [1.82, 2.24) is 4.90 Å². The van der Waals surface area contributed by atoms with Crippen LogP contribution < -0.4 is 0 Å². The van der Waals surface area contributed by atoms with Crippen molar-refractivity contribution in [3.8, 4) is 0 Å². The monoisotopic (exact) mass is 317 g/mol. The van der Waals surface area contributed by atoms with Gasteiger partial charge in [-0.15, -0.1) is 0 Å². The molecule has 1 aliphatic heterocycles. The van der Waals surface area contributed by atoms with Crippen LogP contribution in [0.2, 0.25) is 10.0 Å². The number of nitrogens with zero attached hydrogens (tertiary/aromatic N) is 1. The second kappa shape index (κ2) is 6.92. The minimum absolute atomic E-state index is 0.235. The summed E-state index contributed by atoms with van der Waals surface area (Å²) in [4.78, 5) is 25.2. The van der Waals surface area contributed by atoms with Crippen LogP contribution in [0.25, 0.3) is 0 Å². The van der Waals surface area contributed by atoms with Crippen LogP contribution in [0.15, 0.2) is 18.2 Å². The highest BCUT2D eigenvalue weighted by atomic mass is 35.5. The molecule has 1 amide bonds. The van der Waals surface area contributed by atoms with Gasteiger partial charge in [0.15, 0.2) is 6.61 Å². The van der Waals surface area contributed by atoms with E-state index in [0.717, 1.165) is 0 Å². The average molecular weight is 318 g/mol. The zero-order valence-corrected chi connectivity index (χ0v) is 12.1. The molecule has 0 aliphatic carbocycles. The minimum atomic E-state index is -0.606. The zero-order valence-electron chi connectivity index (χ0n) is 10.6. The zero-order chi connectivity index (χ0) is 14.5. The summed E-state index contributed by atoms with van der Waals surface area (Å²) in [6, 6.07) is 4.41. The van der Waals surface area contributed by atoms with Crippen LogP contribution >= 0.6 is 23.2 Å². The molecule has 1 fully saturated rings. The van der Waals surface area contributed by atoms with Crippen molar-refractivity contribution in [2.24, 2.45) is 0 Å². The summed E-state index contributed by atoms with van der Waals surface area (Å²) in [7, 11) is 0. The van der Waals surface area contributed by atoms with Crippen molar-refractivity contribution in [2.45, 2.75) is 0 Å². The van der Waals surface area contributed by atoms with Crippen LogP contribution in [-0.2, 0) is 14.3 Å². The quantitative estimate of drug-likeness (QED) is 0.800. The standard InChI is InChI=1S/C13H13Cl2NO4/c14-10-2-1-9(7-11(10)15)13(18)20-8-12(17)16-3-5-19-6-4-16/h1-2,7H,3-6,8H2. The maximum atomic E-state index is 11.8. The van der Waals surface area contributed by atoms with Crippen LogP contribution in [0.4, 0.5) is 0 Å². The van der Waals surface area contributed by atoms with Gasteiger partial charge in [0.1, 0.15) is 0 Å². The topological polar surface area (TPSA) is 55.8 Å². The Morgan fingerprint density at radius 3 is 2.55 bits per heavy atom. The predicted molar refractivity (Wildman–Crippen MR) is 74.1 cm³/mol. The number of ether oxygens (including phenoxy) is 2. The van der Waals surface area contributed by atoms with Gasteiger partial charge in [-0.3, -0.25) is 4.79 Å². The first-order valence-corrected chi connectivity index (χ1v) is 6.81. The fraction of sp³-hybridized carbons (Fsp3) is 0.385. The summed E-state index contributed by atoms with van der Waals surface area (Å²) in [6.07, 6.45) is 0. The van der Waals surface area contributed by atoms with Crippen LogP contribution in [0.1, 0.15) is 10.4 Å². The SMILES string of the molecule is O=C(OCC(=O)N1CCOCC1)c1ccc(Cl)c(Cl)c1. The first-order chi connectivity index (χ1) is 9.58. The summed E-state index contributed by atoms with van der Waals surface area (Å²) in [5.41, 5.74) is 0.258. The second-order valence-corrected chi connectivity index (χ2v) is 5.01. The molecule has 1 heterocycles. The minimum Gasteiger partial charge on any atom is -0.452 e. The fourth-order valence-electron chi connectivity index (χ4n) is 1.74. The van der Waals surface area contributed by atoms with Crippen LogP contribution in [0.3, 0.4) is 0 Å². The Hall–Kier alpha value is -1.30. The van der Waals surface area contributed by atoms with Crippen molar-refractivity contribution >= 4 is 35.1 Å². The van der Waals surface area contributed by atoms with Crippen molar-refractivity contribution in [2.75, 3.05) is 32.9 Å². The lowest BCUT2D eigenvalue weighted by molar-refractivity contribution is -0.138. The smallest absolute Gasteiger partial charge is 0.338 e. The number of benzene rings is 1. The molecule has 20 heavy (non-hydrogen) atoms. The van der Waals surface area contributed by atoms with Crippen molar-refractivity contribution < 1.29 is 19.1 Å². The third-order valence-electron chi connectivity index (χ3n) is 2.85. The first kappa shape index (κ1) is 15.1. The number of carbonyl (C=O) groups excluding carboxylic acids is 2. The van der Waals surface area contributed by atoms with E-state index in [1.807, 2.05) is 0 Å². The molecule has 2 rings (SSSR count). The molecule has 0 unspecified atom stereocenters. The van der Waals surface area contributed by atoms with Gasteiger partial charge in [-0.25, -0.2) is 4.79 Å². The number of morpholine rings is 1. The highest BCUT2D eigenvalue weighted by molar-refractivity contribution is 6.42. The summed E-state index contributed by atoms with van der Waals surface area (Å²) in [6.45, 7) is 1.75. The number of hydrogen-bond acceptors (Lipinski definition) is 4. The molecule has 1 aromatic rings. The molecule has 1 aliphatic rings. The molecule has 7 heteroatoms. The van der Waals surface area contributed by atoms with E-state index in [9.17, 15) is 9.59 Å². The summed E-state index contributed by atoms with van der Waals surface area (Å²) in [5.74, 6) is -0.841. The van der Waals surface area contributed by atoms with E-state index in [2.05, 4.69) is 0 Å². The molecule has 108 valence electrons. The van der Waals surface area contributed by atoms with Gasteiger partial charge in [-0.2, -0.15) is 0 Å². The summed E-state index contributed by atoms with van der Waals surface area (Å²) >= 11 is 11.6. The van der Waals surface area contributed by atoms with Gasteiger partial charge in [0.05, 0.1) is 28.8 Å². The van der Waals surface area contributed by atoms with Crippen molar-refractivity contribution in [1.29, 1.82) is 0 Å². The lowest BCUT2D eigenvalue weighted by Gasteiger charge is -2.26. The van der Waals surface area contributed by atoms with E-state index >= 15 is 0 Å². The van der Waals surface area contributed by atoms with E-state index in [0.29, 0.717) is 31.3 Å². The van der Waals surface area contributed by atoms with E-state index in [1.165, 1.54) is 18.2 Å². The lowest BCUT2D eigenvalue weighted by Crippen LogP contribution is -2.42. The molecule has 1 aromatic carbocycles. The largest absolute Gasteiger partial charge is 0.452 e. The van der Waals surface area contributed by atoms with Crippen molar-refractivity contribution in [3.63, 3.8) is 0 Å². The normalized spacial score (nSPS) is 15.0. The maximum Gasteiger partial charge on any atom is 0.338 e. The maximum absolute atomic E-state index is 11.8. The molecule has 1 saturated heterocycles. The Balaban J connectivity index is 1.88. The Kier molecular flexibility index (Phi) is 5.23. The predicted octanol–water partition coefficient (Wildman–Crippen LogP) is 2.01. The van der Waals surface area contributed by atoms with Crippen molar-refractivity contribution in [3.05, 3.63) is 33.8 Å². The summed E-state index contributed by atoms with van der Waals surface area (Å²) < 4.78 is 10.1. The van der Waals surface area contributed by atoms with Crippen LogP contribution in [0.5, 0.6) is 0 Å². The molecule has 5 nitrogen and oxygen atoms in total. The van der Waals surface area contributed by atoms with Gasteiger partial charge in [0, 0.05) is 13.1 Å².